The molecular formula is C9H6ClN5O2S. The minimum atomic E-state index is -0.466. The molecule has 1 aromatic carbocycles. The van der Waals surface area contributed by atoms with Crippen LogP contribution in [0.25, 0.3) is 0 Å². The number of rotatable bonds is 3. The molecule has 2 N–H and O–H groups in total. The fourth-order valence-corrected chi connectivity index (χ4v) is 2.10. The van der Waals surface area contributed by atoms with E-state index in [0.717, 1.165) is 4.90 Å². The van der Waals surface area contributed by atoms with Gasteiger partial charge in [0.15, 0.2) is 5.16 Å². The molecule has 0 aliphatic heterocycles. The molecule has 0 spiro atoms. The van der Waals surface area contributed by atoms with Crippen LogP contribution in [0.3, 0.4) is 0 Å². The third-order valence-electron chi connectivity index (χ3n) is 1.86. The number of hydrogen-bond acceptors (Lipinski definition) is 7. The first kappa shape index (κ1) is 12.5. The maximum atomic E-state index is 10.5. The van der Waals surface area contributed by atoms with Crippen molar-refractivity contribution < 1.29 is 4.92 Å². The van der Waals surface area contributed by atoms with Crippen molar-refractivity contribution in [3.8, 4) is 0 Å². The van der Waals surface area contributed by atoms with E-state index in [1.165, 1.54) is 23.9 Å². The molecule has 0 amide bonds. The Hall–Kier alpha value is -1.93. The Morgan fingerprint density at radius 2 is 1.89 bits per heavy atom. The van der Waals surface area contributed by atoms with Crippen molar-refractivity contribution in [2.75, 3.05) is 5.73 Å². The molecule has 0 atom stereocenters. The van der Waals surface area contributed by atoms with Crippen LogP contribution >= 0.6 is 23.4 Å². The number of nitrogens with zero attached hydrogens (tertiary/aromatic N) is 4. The van der Waals surface area contributed by atoms with Crippen molar-refractivity contribution in [2.24, 2.45) is 0 Å². The summed E-state index contributed by atoms with van der Waals surface area (Å²) in [6.07, 6.45) is 0. The van der Waals surface area contributed by atoms with Crippen LogP contribution in [0.4, 0.5) is 11.6 Å². The molecule has 1 heterocycles. The lowest BCUT2D eigenvalue weighted by atomic mass is 10.3. The number of nitrogen functional groups attached to an aromatic ring is 1. The highest BCUT2D eigenvalue weighted by molar-refractivity contribution is 7.99. The fourth-order valence-electron chi connectivity index (χ4n) is 1.13. The number of anilines is 1. The van der Waals surface area contributed by atoms with Gasteiger partial charge in [0.25, 0.3) is 5.69 Å². The number of benzene rings is 1. The average molecular weight is 284 g/mol. The standard InChI is InChI=1S/C9H6ClN5O2S/c10-7-12-8(11)14-9(13-7)18-6-3-1-5(2-4-6)15(16)17/h1-4H,(H2,11,12,13,14). The summed E-state index contributed by atoms with van der Waals surface area (Å²) in [7, 11) is 0. The van der Waals surface area contributed by atoms with E-state index in [9.17, 15) is 10.1 Å². The Labute approximate surface area is 111 Å². The maximum Gasteiger partial charge on any atom is 0.269 e. The zero-order chi connectivity index (χ0) is 13.1. The van der Waals surface area contributed by atoms with Gasteiger partial charge in [-0.1, -0.05) is 0 Å². The molecule has 0 aliphatic rings. The minimum Gasteiger partial charge on any atom is -0.368 e. The van der Waals surface area contributed by atoms with Gasteiger partial charge >= 0.3 is 0 Å². The Morgan fingerprint density at radius 3 is 2.44 bits per heavy atom. The number of nitro benzene ring substituents is 1. The normalized spacial score (nSPS) is 10.3. The van der Waals surface area contributed by atoms with Gasteiger partial charge in [-0.05, 0) is 35.5 Å². The summed E-state index contributed by atoms with van der Waals surface area (Å²) in [6.45, 7) is 0. The molecule has 18 heavy (non-hydrogen) atoms. The molecule has 1 aromatic heterocycles. The second-order valence-corrected chi connectivity index (χ2v) is 4.48. The van der Waals surface area contributed by atoms with Crippen LogP contribution in [0.2, 0.25) is 5.28 Å². The van der Waals surface area contributed by atoms with Gasteiger partial charge in [0.05, 0.1) is 4.92 Å². The number of aromatic nitrogens is 3. The smallest absolute Gasteiger partial charge is 0.269 e. The summed E-state index contributed by atoms with van der Waals surface area (Å²) in [5.74, 6) is 0.0272. The molecule has 7 nitrogen and oxygen atoms in total. The Balaban J connectivity index is 2.20. The molecule has 92 valence electrons. The van der Waals surface area contributed by atoms with Crippen molar-refractivity contribution in [1.82, 2.24) is 15.0 Å². The number of nitro groups is 1. The Kier molecular flexibility index (Phi) is 3.58. The first-order valence-electron chi connectivity index (χ1n) is 4.64. The summed E-state index contributed by atoms with van der Waals surface area (Å²) in [6, 6.07) is 5.98. The second kappa shape index (κ2) is 5.15. The lowest BCUT2D eigenvalue weighted by Gasteiger charge is -2.00. The van der Waals surface area contributed by atoms with Gasteiger partial charge in [0.1, 0.15) is 0 Å². The van der Waals surface area contributed by atoms with Gasteiger partial charge in [-0.15, -0.1) is 0 Å². The predicted molar refractivity (Wildman–Crippen MR) is 66.5 cm³/mol. The molecule has 0 radical (unpaired) electrons. The summed E-state index contributed by atoms with van der Waals surface area (Å²) in [4.78, 5) is 22.2. The van der Waals surface area contributed by atoms with Crippen molar-refractivity contribution in [3.63, 3.8) is 0 Å². The average Bonchev–Trinajstić information content (AvgIpc) is 2.28. The molecule has 2 aromatic rings. The largest absolute Gasteiger partial charge is 0.368 e. The summed E-state index contributed by atoms with van der Waals surface area (Å²) >= 11 is 6.83. The molecular weight excluding hydrogens is 278 g/mol. The van der Waals surface area contributed by atoms with E-state index in [1.54, 1.807) is 12.1 Å². The van der Waals surface area contributed by atoms with Crippen LogP contribution in [0, 0.1) is 10.1 Å². The van der Waals surface area contributed by atoms with E-state index in [2.05, 4.69) is 15.0 Å². The number of nitrogens with two attached hydrogens (primary N) is 1. The monoisotopic (exact) mass is 283 g/mol. The van der Waals surface area contributed by atoms with Crippen molar-refractivity contribution in [1.29, 1.82) is 0 Å². The fraction of sp³-hybridized carbons (Fsp3) is 0. The summed E-state index contributed by atoms with van der Waals surface area (Å²) in [5.41, 5.74) is 5.45. The third kappa shape index (κ3) is 3.05. The molecule has 2 rings (SSSR count). The molecule has 0 aliphatic carbocycles. The highest BCUT2D eigenvalue weighted by Crippen LogP contribution is 2.27. The van der Waals surface area contributed by atoms with E-state index in [1.807, 2.05) is 0 Å². The highest BCUT2D eigenvalue weighted by Gasteiger charge is 2.07. The van der Waals surface area contributed by atoms with Gasteiger partial charge < -0.3 is 5.73 Å². The van der Waals surface area contributed by atoms with Crippen LogP contribution < -0.4 is 5.73 Å². The molecule has 0 saturated carbocycles. The highest BCUT2D eigenvalue weighted by atomic mass is 35.5. The molecule has 9 heteroatoms. The predicted octanol–water partition coefficient (Wildman–Crippen LogP) is 2.17. The van der Waals surface area contributed by atoms with Gasteiger partial charge in [-0.25, -0.2) is 0 Å². The van der Waals surface area contributed by atoms with Crippen molar-refractivity contribution >= 4 is 35.0 Å². The minimum absolute atomic E-state index is 0.00640. The number of halogens is 1. The van der Waals surface area contributed by atoms with Gasteiger partial charge in [-0.3, -0.25) is 10.1 Å². The quantitative estimate of drug-likeness (QED) is 0.679. The SMILES string of the molecule is Nc1nc(Cl)nc(Sc2ccc([N+](=O)[O-])cc2)n1. The van der Waals surface area contributed by atoms with Crippen LogP contribution in [-0.2, 0) is 0 Å². The van der Waals surface area contributed by atoms with E-state index < -0.39 is 4.92 Å². The van der Waals surface area contributed by atoms with Crippen molar-refractivity contribution in [2.45, 2.75) is 10.1 Å². The summed E-state index contributed by atoms with van der Waals surface area (Å²) < 4.78 is 0. The van der Waals surface area contributed by atoms with Gasteiger partial charge in [-0.2, -0.15) is 15.0 Å². The first-order valence-corrected chi connectivity index (χ1v) is 5.83. The van der Waals surface area contributed by atoms with Crippen LogP contribution in [0.1, 0.15) is 0 Å². The van der Waals surface area contributed by atoms with E-state index in [4.69, 9.17) is 17.3 Å². The molecule has 0 unspecified atom stereocenters. The van der Waals surface area contributed by atoms with Crippen LogP contribution in [0.15, 0.2) is 34.3 Å². The topological polar surface area (TPSA) is 108 Å². The zero-order valence-electron chi connectivity index (χ0n) is 8.78. The van der Waals surface area contributed by atoms with Gasteiger partial charge in [0.2, 0.25) is 11.2 Å². The first-order chi connectivity index (χ1) is 8.54. The molecule has 0 saturated heterocycles. The van der Waals surface area contributed by atoms with Gasteiger partial charge in [0, 0.05) is 17.0 Å². The summed E-state index contributed by atoms with van der Waals surface area (Å²) in [5, 5.41) is 10.8. The lowest BCUT2D eigenvalue weighted by molar-refractivity contribution is -0.384. The number of non-ortho nitro benzene ring substituents is 1. The second-order valence-electron chi connectivity index (χ2n) is 3.10. The van der Waals surface area contributed by atoms with Crippen LogP contribution in [0.5, 0.6) is 0 Å². The van der Waals surface area contributed by atoms with Crippen LogP contribution in [-0.4, -0.2) is 19.9 Å². The van der Waals surface area contributed by atoms with Crippen molar-refractivity contribution in [3.05, 3.63) is 39.7 Å². The van der Waals surface area contributed by atoms with E-state index in [0.29, 0.717) is 5.16 Å². The van der Waals surface area contributed by atoms with E-state index in [-0.39, 0.29) is 16.9 Å². The van der Waals surface area contributed by atoms with E-state index >= 15 is 0 Å². The molecule has 0 bridgehead atoms. The molecule has 0 fully saturated rings. The number of hydrogen-bond donors (Lipinski definition) is 1. The third-order valence-corrected chi connectivity index (χ3v) is 2.90. The zero-order valence-corrected chi connectivity index (χ0v) is 10.4. The lowest BCUT2D eigenvalue weighted by Crippen LogP contribution is -1.98. The maximum absolute atomic E-state index is 10.5. The Bertz CT molecular complexity index is 572. The Morgan fingerprint density at radius 1 is 1.22 bits per heavy atom.